The summed E-state index contributed by atoms with van der Waals surface area (Å²) in [7, 11) is 0. The number of ether oxygens (including phenoxy) is 1. The quantitative estimate of drug-likeness (QED) is 0.213. The van der Waals surface area contributed by atoms with Crippen LogP contribution in [0, 0.1) is 57.7 Å². The van der Waals surface area contributed by atoms with Crippen molar-refractivity contribution < 1.29 is 33.8 Å². The zero-order valence-corrected chi connectivity index (χ0v) is 36.0. The molecule has 0 spiro atoms. The van der Waals surface area contributed by atoms with Crippen LogP contribution in [0.4, 0.5) is 0 Å². The lowest BCUT2D eigenvalue weighted by molar-refractivity contribution is -0.232. The molecule has 4 saturated carbocycles. The number of ketones is 1. The average molecular weight is 774 g/mol. The molecule has 5 aliphatic carbocycles. The lowest BCUT2D eigenvalue weighted by Gasteiger charge is -2.72. The second-order valence-corrected chi connectivity index (χ2v) is 21.2. The summed E-state index contributed by atoms with van der Waals surface area (Å²) in [6.07, 6.45) is 8.49. The topological polar surface area (TPSA) is 152 Å². The van der Waals surface area contributed by atoms with Gasteiger partial charge in [0.2, 0.25) is 5.91 Å². The highest BCUT2D eigenvalue weighted by atomic mass is 16.5. The van der Waals surface area contributed by atoms with Crippen molar-refractivity contribution in [1.29, 1.82) is 0 Å². The van der Waals surface area contributed by atoms with Crippen LogP contribution in [0.1, 0.15) is 156 Å². The van der Waals surface area contributed by atoms with Gasteiger partial charge in [-0.25, -0.2) is 0 Å². The van der Waals surface area contributed by atoms with Crippen LogP contribution < -0.4 is 10.6 Å². The van der Waals surface area contributed by atoms with E-state index in [9.17, 15) is 29.1 Å². The van der Waals surface area contributed by atoms with Crippen LogP contribution in [0.15, 0.2) is 29.5 Å². The number of carbonyl (C=O) groups excluding carboxylic acids is 4. The summed E-state index contributed by atoms with van der Waals surface area (Å²) in [5, 5.41) is 16.0. The van der Waals surface area contributed by atoms with Crippen molar-refractivity contribution in [3.63, 3.8) is 0 Å². The number of esters is 1. The molecule has 0 unspecified atom stereocenters. The number of amides is 2. The molecule has 4 fully saturated rings. The second kappa shape index (κ2) is 13.8. The highest BCUT2D eigenvalue weighted by molar-refractivity contribution is 6.03. The van der Waals surface area contributed by atoms with Crippen molar-refractivity contribution in [3.8, 4) is 0 Å². The molecule has 308 valence electrons. The number of aliphatic carboxylic acids is 1. The molecule has 0 bridgehead atoms. The number of hydrogen-bond donors (Lipinski definition) is 3. The van der Waals surface area contributed by atoms with Crippen LogP contribution in [0.5, 0.6) is 0 Å². The molecule has 10 heteroatoms. The molecule has 1 aromatic heterocycles. The summed E-state index contributed by atoms with van der Waals surface area (Å²) in [5.74, 6) is -1.13. The number of carboxylic acids is 1. The lowest BCUT2D eigenvalue weighted by atomic mass is 9.33. The third kappa shape index (κ3) is 6.53. The summed E-state index contributed by atoms with van der Waals surface area (Å²) < 4.78 is 6.16. The zero-order chi connectivity index (χ0) is 41.6. The first-order chi connectivity index (χ1) is 25.8. The highest BCUT2D eigenvalue weighted by Crippen LogP contribution is 2.76. The van der Waals surface area contributed by atoms with E-state index in [1.807, 2.05) is 6.92 Å². The summed E-state index contributed by atoms with van der Waals surface area (Å²) in [6, 6.07) is 3.47. The highest BCUT2D eigenvalue weighted by Gasteiger charge is 2.70. The number of allylic oxidation sites excluding steroid dienone is 1. The van der Waals surface area contributed by atoms with E-state index in [0.717, 1.165) is 61.8 Å². The Morgan fingerprint density at radius 2 is 1.59 bits per heavy atom. The summed E-state index contributed by atoms with van der Waals surface area (Å²) in [4.78, 5) is 70.8. The van der Waals surface area contributed by atoms with Gasteiger partial charge in [0.25, 0.3) is 5.91 Å². The first-order valence-electron chi connectivity index (χ1n) is 21.0. The van der Waals surface area contributed by atoms with E-state index in [0.29, 0.717) is 23.8 Å². The van der Waals surface area contributed by atoms with E-state index < -0.39 is 28.4 Å². The Balaban J connectivity index is 1.27. The van der Waals surface area contributed by atoms with Gasteiger partial charge in [-0.3, -0.25) is 29.0 Å². The third-order valence-corrected chi connectivity index (χ3v) is 16.3. The van der Waals surface area contributed by atoms with Gasteiger partial charge < -0.3 is 20.5 Å². The van der Waals surface area contributed by atoms with Gasteiger partial charge in [0, 0.05) is 23.7 Å². The van der Waals surface area contributed by atoms with E-state index in [2.05, 4.69) is 64.1 Å². The Morgan fingerprint density at radius 3 is 2.20 bits per heavy atom. The number of nitrogens with zero attached hydrogens (tertiary/aromatic N) is 1. The first-order valence-corrected chi connectivity index (χ1v) is 21.0. The van der Waals surface area contributed by atoms with E-state index in [-0.39, 0.29) is 70.0 Å². The largest absolute Gasteiger partial charge is 0.481 e. The molecule has 0 aliphatic heterocycles. The fraction of sp³-hybridized carbons (Fsp3) is 0.739. The minimum absolute atomic E-state index is 0.00638. The molecule has 0 aromatic carbocycles. The number of hydrogen-bond acceptors (Lipinski definition) is 7. The number of fused-ring (bicyclic) bond motifs is 7. The fourth-order valence-electron chi connectivity index (χ4n) is 13.0. The second-order valence-electron chi connectivity index (χ2n) is 21.2. The number of nitrogens with one attached hydrogen (secondary N) is 2. The van der Waals surface area contributed by atoms with Crippen LogP contribution in [0.2, 0.25) is 0 Å². The van der Waals surface area contributed by atoms with Gasteiger partial charge in [0.1, 0.15) is 11.6 Å². The summed E-state index contributed by atoms with van der Waals surface area (Å²) in [5.41, 5.74) is -0.454. The standard InChI is InChI=1S/C46H67N3O7/c1-26(2)35-30(50)23-46(49-38(53)42(8,9)48-37(52)28-14-13-27(3)47-25-28)22-21-44(11)29(36(35)46)15-16-32-43(10)19-18-33(56-34(51)24-40(4,5)39(54)55)41(6,7)31(43)17-20-45(32,44)12/h13-14,25-26,29,31-33H,15-24H2,1-12H3,(H,48,52)(H,49,53)(H,54,55)/t29-,31+,32-,33+,43+,44-,45-,46-/m1/s1. The number of carbonyl (C=O) groups is 5. The van der Waals surface area contributed by atoms with Gasteiger partial charge in [-0.1, -0.05) is 48.5 Å². The molecule has 0 saturated heterocycles. The number of carboxylic acid groups (broad SMARTS) is 1. The van der Waals surface area contributed by atoms with Crippen molar-refractivity contribution in [3.05, 3.63) is 40.7 Å². The van der Waals surface area contributed by atoms with Gasteiger partial charge in [0.15, 0.2) is 5.78 Å². The van der Waals surface area contributed by atoms with E-state index in [4.69, 9.17) is 4.74 Å². The maximum Gasteiger partial charge on any atom is 0.309 e. The first kappa shape index (κ1) is 42.1. The molecule has 6 rings (SSSR count). The van der Waals surface area contributed by atoms with Crippen LogP contribution in [0.3, 0.4) is 0 Å². The van der Waals surface area contributed by atoms with Gasteiger partial charge >= 0.3 is 11.9 Å². The molecule has 10 nitrogen and oxygen atoms in total. The van der Waals surface area contributed by atoms with Crippen molar-refractivity contribution in [1.82, 2.24) is 15.6 Å². The van der Waals surface area contributed by atoms with Gasteiger partial charge in [-0.15, -0.1) is 0 Å². The molecular weight excluding hydrogens is 707 g/mol. The number of aryl methyl sites for hydroxylation is 1. The molecule has 56 heavy (non-hydrogen) atoms. The van der Waals surface area contributed by atoms with Crippen LogP contribution in [-0.2, 0) is 23.9 Å². The van der Waals surface area contributed by atoms with Crippen molar-refractivity contribution in [2.24, 2.45) is 50.7 Å². The molecular formula is C46H67N3O7. The molecule has 2 amide bonds. The maximum absolute atomic E-state index is 14.3. The monoisotopic (exact) mass is 773 g/mol. The number of aromatic nitrogens is 1. The summed E-state index contributed by atoms with van der Waals surface area (Å²) in [6.45, 7) is 24.6. The van der Waals surface area contributed by atoms with Gasteiger partial charge in [0.05, 0.1) is 22.9 Å². The minimum atomic E-state index is -1.24. The SMILES string of the molecule is Cc1ccc(C(=O)NC(C)(C)C(=O)N[C@@]23CC[C@]4(C)[C@H](CC[C@@H]5[C@@]6(C)CC[C@H](OC(=O)CC(C)(C)C(=O)O)C(C)(C)[C@@H]6CC[C@]54C)C2=C(C(C)C)C(=O)C3)cn1. The number of pyridine rings is 1. The van der Waals surface area contributed by atoms with Crippen molar-refractivity contribution in [2.45, 2.75) is 164 Å². The molecule has 1 heterocycles. The van der Waals surface area contributed by atoms with Crippen molar-refractivity contribution >= 4 is 29.5 Å². The lowest BCUT2D eigenvalue weighted by Crippen LogP contribution is -2.68. The fourth-order valence-corrected chi connectivity index (χ4v) is 13.0. The third-order valence-electron chi connectivity index (χ3n) is 16.3. The predicted octanol–water partition coefficient (Wildman–Crippen LogP) is 8.16. The van der Waals surface area contributed by atoms with Crippen LogP contribution >= 0.6 is 0 Å². The number of rotatable bonds is 9. The molecule has 1 aromatic rings. The van der Waals surface area contributed by atoms with E-state index in [1.165, 1.54) is 6.20 Å². The van der Waals surface area contributed by atoms with E-state index in [1.54, 1.807) is 39.8 Å². The summed E-state index contributed by atoms with van der Waals surface area (Å²) >= 11 is 0. The Labute approximate surface area is 334 Å². The Kier molecular flexibility index (Phi) is 10.4. The van der Waals surface area contributed by atoms with Gasteiger partial charge in [-0.2, -0.15) is 0 Å². The van der Waals surface area contributed by atoms with Gasteiger partial charge in [-0.05, 0) is 149 Å². The Morgan fingerprint density at radius 1 is 0.911 bits per heavy atom. The number of Topliss-reactive ketones (excluding diaryl/α,β-unsaturated/α-hetero) is 1. The van der Waals surface area contributed by atoms with Crippen LogP contribution in [-0.4, -0.2) is 56.8 Å². The molecule has 5 aliphatic rings. The smallest absolute Gasteiger partial charge is 0.309 e. The maximum atomic E-state index is 14.3. The van der Waals surface area contributed by atoms with Crippen LogP contribution in [0.25, 0.3) is 0 Å². The molecule has 3 N–H and O–H groups in total. The van der Waals surface area contributed by atoms with Crippen molar-refractivity contribution in [2.75, 3.05) is 0 Å². The van der Waals surface area contributed by atoms with E-state index >= 15 is 0 Å². The Bertz CT molecular complexity index is 1840. The zero-order valence-electron chi connectivity index (χ0n) is 36.0. The predicted molar refractivity (Wildman–Crippen MR) is 214 cm³/mol. The molecule has 8 atom stereocenters. The molecule has 0 radical (unpaired) electrons. The average Bonchev–Trinajstić information content (AvgIpc) is 3.37. The normalized spacial score (nSPS) is 35.1. The minimum Gasteiger partial charge on any atom is -0.481 e. The Hall–Kier alpha value is -3.56.